The summed E-state index contributed by atoms with van der Waals surface area (Å²) in [4.78, 5) is 0. The van der Waals surface area contributed by atoms with Gasteiger partial charge in [-0.3, -0.25) is 0 Å². The molecule has 1 fully saturated rings. The number of rotatable bonds is 4. The van der Waals surface area contributed by atoms with Gasteiger partial charge in [0.1, 0.15) is 0 Å². The summed E-state index contributed by atoms with van der Waals surface area (Å²) >= 11 is 2.12. The Morgan fingerprint density at radius 1 is 1.44 bits per heavy atom. The monoisotopic (exact) mass is 352 g/mol. The van der Waals surface area contributed by atoms with Crippen LogP contribution in [0, 0.1) is 3.57 Å². The molecule has 1 aliphatic carbocycles. The summed E-state index contributed by atoms with van der Waals surface area (Å²) in [5.74, 6) is 0.00458. The van der Waals surface area contributed by atoms with E-state index in [4.69, 9.17) is 5.73 Å². The van der Waals surface area contributed by atoms with E-state index in [9.17, 15) is 8.42 Å². The maximum absolute atomic E-state index is 11.7. The van der Waals surface area contributed by atoms with Crippen molar-refractivity contribution < 1.29 is 8.42 Å². The van der Waals surface area contributed by atoms with Crippen LogP contribution in [-0.2, 0) is 15.8 Å². The van der Waals surface area contributed by atoms with Crippen LogP contribution in [0.3, 0.4) is 0 Å². The maximum Gasteiger partial charge on any atom is 0.216 e. The number of nitrogens with two attached hydrogens (primary N) is 1. The molecule has 6 heteroatoms. The zero-order valence-electron chi connectivity index (χ0n) is 8.61. The second-order valence-corrected chi connectivity index (χ2v) is 6.92. The van der Waals surface area contributed by atoms with Crippen molar-refractivity contribution in [2.24, 2.45) is 0 Å². The molecule has 16 heavy (non-hydrogen) atoms. The van der Waals surface area contributed by atoms with Crippen molar-refractivity contribution >= 4 is 38.3 Å². The van der Waals surface area contributed by atoms with Crippen LogP contribution in [0.5, 0.6) is 0 Å². The predicted octanol–water partition coefficient (Wildman–Crippen LogP) is 1.46. The molecule has 0 amide bonds. The van der Waals surface area contributed by atoms with Gasteiger partial charge in [0.25, 0.3) is 0 Å². The van der Waals surface area contributed by atoms with Gasteiger partial charge in [-0.05, 0) is 53.1 Å². The fraction of sp³-hybridized carbons (Fsp3) is 0.400. The second kappa shape index (κ2) is 4.50. The highest BCUT2D eigenvalue weighted by Gasteiger charge is 2.26. The predicted molar refractivity (Wildman–Crippen MR) is 72.4 cm³/mol. The van der Waals surface area contributed by atoms with Crippen LogP contribution in [0.1, 0.15) is 18.4 Å². The second-order valence-electron chi connectivity index (χ2n) is 4.01. The Morgan fingerprint density at radius 3 is 2.69 bits per heavy atom. The molecule has 1 saturated carbocycles. The molecule has 1 aliphatic rings. The van der Waals surface area contributed by atoms with Gasteiger partial charge in [-0.25, -0.2) is 13.1 Å². The number of hydrogen-bond donors (Lipinski definition) is 2. The van der Waals surface area contributed by atoms with Crippen LogP contribution in [0.25, 0.3) is 0 Å². The Balaban J connectivity index is 2.10. The highest BCUT2D eigenvalue weighted by atomic mass is 127. The number of hydrogen-bond acceptors (Lipinski definition) is 3. The average molecular weight is 352 g/mol. The number of sulfonamides is 1. The van der Waals surface area contributed by atoms with E-state index in [2.05, 4.69) is 27.3 Å². The van der Waals surface area contributed by atoms with Gasteiger partial charge in [-0.1, -0.05) is 6.07 Å². The zero-order chi connectivity index (χ0) is 11.8. The molecule has 3 N–H and O–H groups in total. The Bertz CT molecular complexity index is 498. The van der Waals surface area contributed by atoms with Crippen LogP contribution in [-0.4, -0.2) is 14.5 Å². The molecule has 0 unspecified atom stereocenters. The number of benzene rings is 1. The summed E-state index contributed by atoms with van der Waals surface area (Å²) in [6, 6.07) is 5.50. The molecule has 0 bridgehead atoms. The molecule has 0 aromatic heterocycles. The zero-order valence-corrected chi connectivity index (χ0v) is 11.6. The topological polar surface area (TPSA) is 72.2 Å². The smallest absolute Gasteiger partial charge is 0.216 e. The van der Waals surface area contributed by atoms with E-state index in [1.54, 1.807) is 12.1 Å². The van der Waals surface area contributed by atoms with Crippen molar-refractivity contribution in [2.45, 2.75) is 24.6 Å². The molecular formula is C10H13IN2O2S. The molecule has 0 saturated heterocycles. The summed E-state index contributed by atoms with van der Waals surface area (Å²) in [7, 11) is -3.21. The van der Waals surface area contributed by atoms with E-state index in [-0.39, 0.29) is 11.8 Å². The highest BCUT2D eigenvalue weighted by molar-refractivity contribution is 14.1. The highest BCUT2D eigenvalue weighted by Crippen LogP contribution is 2.22. The van der Waals surface area contributed by atoms with Gasteiger partial charge in [0, 0.05) is 15.3 Å². The van der Waals surface area contributed by atoms with Gasteiger partial charge in [0.05, 0.1) is 5.75 Å². The van der Waals surface area contributed by atoms with Crippen LogP contribution in [0.4, 0.5) is 5.69 Å². The SMILES string of the molecule is Nc1cc(CS(=O)(=O)NC2CC2)ccc1I. The Hall–Kier alpha value is -0.340. The lowest BCUT2D eigenvalue weighted by atomic mass is 10.2. The Kier molecular flexibility index (Phi) is 3.41. The number of halogens is 1. The molecule has 2 rings (SSSR count). The molecule has 0 radical (unpaired) electrons. The number of anilines is 1. The van der Waals surface area contributed by atoms with E-state index in [0.717, 1.165) is 22.0 Å². The molecule has 0 aliphatic heterocycles. The summed E-state index contributed by atoms with van der Waals surface area (Å²) < 4.78 is 27.0. The molecule has 4 nitrogen and oxygen atoms in total. The molecule has 0 heterocycles. The lowest BCUT2D eigenvalue weighted by Crippen LogP contribution is -2.27. The fourth-order valence-corrected chi connectivity index (χ4v) is 3.18. The third-order valence-corrected chi connectivity index (χ3v) is 4.73. The van der Waals surface area contributed by atoms with Gasteiger partial charge in [-0.15, -0.1) is 0 Å². The Morgan fingerprint density at radius 2 is 2.12 bits per heavy atom. The minimum Gasteiger partial charge on any atom is -0.398 e. The van der Waals surface area contributed by atoms with Crippen LogP contribution in [0.15, 0.2) is 18.2 Å². The summed E-state index contributed by atoms with van der Waals surface area (Å²) in [6.45, 7) is 0. The van der Waals surface area contributed by atoms with Gasteiger partial charge < -0.3 is 5.73 Å². The summed E-state index contributed by atoms with van der Waals surface area (Å²) in [5.41, 5.74) is 7.08. The van der Waals surface area contributed by atoms with Crippen molar-refractivity contribution in [3.8, 4) is 0 Å². The minimum atomic E-state index is -3.21. The molecule has 0 atom stereocenters. The van der Waals surface area contributed by atoms with Crippen LogP contribution >= 0.6 is 22.6 Å². The number of nitrogens with one attached hydrogen (secondary N) is 1. The average Bonchev–Trinajstić information content (AvgIpc) is 2.94. The Labute approximate surface area is 109 Å². The lowest BCUT2D eigenvalue weighted by Gasteiger charge is -2.06. The first-order valence-corrected chi connectivity index (χ1v) is 7.73. The third-order valence-electron chi connectivity index (χ3n) is 2.34. The van der Waals surface area contributed by atoms with Gasteiger partial charge in [-0.2, -0.15) is 0 Å². The first kappa shape index (κ1) is 12.1. The van der Waals surface area contributed by atoms with Crippen molar-refractivity contribution in [1.82, 2.24) is 4.72 Å². The third kappa shape index (κ3) is 3.33. The van der Waals surface area contributed by atoms with Crippen molar-refractivity contribution in [3.63, 3.8) is 0 Å². The van der Waals surface area contributed by atoms with E-state index in [0.29, 0.717) is 5.69 Å². The van der Waals surface area contributed by atoms with Crippen molar-refractivity contribution in [3.05, 3.63) is 27.3 Å². The quantitative estimate of drug-likeness (QED) is 0.637. The molecular weight excluding hydrogens is 339 g/mol. The maximum atomic E-state index is 11.7. The first-order valence-electron chi connectivity index (χ1n) is 5.00. The molecule has 1 aromatic carbocycles. The van der Waals surface area contributed by atoms with Crippen molar-refractivity contribution in [1.29, 1.82) is 0 Å². The summed E-state index contributed by atoms with van der Waals surface area (Å²) in [6.07, 6.45) is 1.90. The largest absolute Gasteiger partial charge is 0.398 e. The van der Waals surface area contributed by atoms with Gasteiger partial charge >= 0.3 is 0 Å². The molecule has 88 valence electrons. The van der Waals surface area contributed by atoms with Gasteiger partial charge in [0.2, 0.25) is 10.0 Å². The van der Waals surface area contributed by atoms with Crippen LogP contribution in [0.2, 0.25) is 0 Å². The lowest BCUT2D eigenvalue weighted by molar-refractivity contribution is 0.580. The van der Waals surface area contributed by atoms with E-state index >= 15 is 0 Å². The van der Waals surface area contributed by atoms with Gasteiger partial charge in [0.15, 0.2) is 0 Å². The van der Waals surface area contributed by atoms with Crippen molar-refractivity contribution in [2.75, 3.05) is 5.73 Å². The summed E-state index contributed by atoms with van der Waals surface area (Å²) in [5, 5.41) is 0. The molecule has 0 spiro atoms. The number of nitrogen functional groups attached to an aromatic ring is 1. The minimum absolute atomic E-state index is 0.00458. The normalized spacial score (nSPS) is 16.3. The molecule has 1 aromatic rings. The standard InChI is InChI=1S/C10H13IN2O2S/c11-9-4-1-7(5-10(9)12)6-16(14,15)13-8-2-3-8/h1,4-5,8,13H,2-3,6,12H2. The van der Waals surface area contributed by atoms with E-state index in [1.807, 2.05) is 6.07 Å². The van der Waals surface area contributed by atoms with E-state index < -0.39 is 10.0 Å². The first-order chi connectivity index (χ1) is 7.46. The van der Waals surface area contributed by atoms with E-state index in [1.165, 1.54) is 0 Å². The van der Waals surface area contributed by atoms with Crippen LogP contribution < -0.4 is 10.5 Å². The fourth-order valence-electron chi connectivity index (χ4n) is 1.40.